The van der Waals surface area contributed by atoms with E-state index in [0.717, 1.165) is 45.4 Å². The molecule has 1 atom stereocenters. The van der Waals surface area contributed by atoms with Crippen LogP contribution in [-0.2, 0) is 19.9 Å². The van der Waals surface area contributed by atoms with Crippen LogP contribution in [0.2, 0.25) is 0 Å². The van der Waals surface area contributed by atoms with Gasteiger partial charge in [0.25, 0.3) is 5.54 Å². The number of nitrogens with one attached hydrogen (secondary N) is 2. The molecule has 0 radical (unpaired) electrons. The molecule has 0 spiro atoms. The van der Waals surface area contributed by atoms with Gasteiger partial charge in [0.05, 0.1) is 7.11 Å². The first-order valence-electron chi connectivity index (χ1n) is 9.82. The summed E-state index contributed by atoms with van der Waals surface area (Å²) in [7, 11) is 0.881. The van der Waals surface area contributed by atoms with Crippen LogP contribution >= 0.6 is 0 Å². The summed E-state index contributed by atoms with van der Waals surface area (Å²) in [6.07, 6.45) is 1.74. The van der Waals surface area contributed by atoms with E-state index in [2.05, 4.69) is 9.72 Å². The summed E-state index contributed by atoms with van der Waals surface area (Å²) in [6.45, 7) is 0. The highest BCUT2D eigenvalue weighted by Gasteiger charge is 2.64. The van der Waals surface area contributed by atoms with Crippen LogP contribution in [0.4, 0.5) is 13.2 Å². The second-order valence-electron chi connectivity index (χ2n) is 7.58. The second kappa shape index (κ2) is 8.47. The van der Waals surface area contributed by atoms with Crippen molar-refractivity contribution in [2.75, 3.05) is 7.11 Å². The lowest BCUT2D eigenvalue weighted by Crippen LogP contribution is -2.61. The van der Waals surface area contributed by atoms with Gasteiger partial charge in [-0.15, -0.1) is 0 Å². The number of halogens is 3. The molecule has 158 valence electrons. The molecule has 1 amide bonds. The van der Waals surface area contributed by atoms with E-state index in [9.17, 15) is 22.8 Å². The zero-order chi connectivity index (χ0) is 21.1. The minimum absolute atomic E-state index is 0.0676. The molecule has 2 aromatic rings. The molecule has 0 unspecified atom stereocenters. The normalized spacial score (nSPS) is 17.7. The number of amides is 1. The standard InChI is InChI=1S/C21H25F3N2O3/c1-29-19(28)20(21(22,23)24,16-13-25-17-10-6-5-9-15(16)17)26-18(27)12-11-14-7-3-2-4-8-14/h5-6,9-10,13-14,25H,2-4,7-8,11-12H2,1H3,(H,26,27)/t20-/m1/s1. The monoisotopic (exact) mass is 410 g/mol. The number of methoxy groups -OCH3 is 1. The molecular weight excluding hydrogens is 385 g/mol. The molecule has 2 N–H and O–H groups in total. The van der Waals surface area contributed by atoms with Crippen molar-refractivity contribution in [2.24, 2.45) is 5.92 Å². The largest absolute Gasteiger partial charge is 0.467 e. The van der Waals surface area contributed by atoms with Crippen molar-refractivity contribution in [1.82, 2.24) is 10.3 Å². The zero-order valence-corrected chi connectivity index (χ0v) is 16.3. The van der Waals surface area contributed by atoms with Gasteiger partial charge in [-0.2, -0.15) is 13.2 Å². The van der Waals surface area contributed by atoms with E-state index in [1.807, 2.05) is 5.32 Å². The Morgan fingerprint density at radius 3 is 2.52 bits per heavy atom. The third-order valence-electron chi connectivity index (χ3n) is 5.74. The summed E-state index contributed by atoms with van der Waals surface area (Å²) in [4.78, 5) is 27.8. The number of hydrogen-bond acceptors (Lipinski definition) is 3. The smallest absolute Gasteiger partial charge is 0.426 e. The highest BCUT2D eigenvalue weighted by molar-refractivity contribution is 5.96. The van der Waals surface area contributed by atoms with Gasteiger partial charge in [0.1, 0.15) is 0 Å². The van der Waals surface area contributed by atoms with E-state index >= 15 is 0 Å². The topological polar surface area (TPSA) is 71.2 Å². The Bertz CT molecular complexity index is 871. The molecule has 1 heterocycles. The lowest BCUT2D eigenvalue weighted by atomic mass is 9.85. The molecule has 1 aromatic heterocycles. The lowest BCUT2D eigenvalue weighted by molar-refractivity contribution is -0.216. The van der Waals surface area contributed by atoms with E-state index in [-0.39, 0.29) is 17.4 Å². The van der Waals surface area contributed by atoms with Crippen molar-refractivity contribution in [3.63, 3.8) is 0 Å². The molecule has 0 aliphatic heterocycles. The number of esters is 1. The van der Waals surface area contributed by atoms with Crippen LogP contribution in [0.5, 0.6) is 0 Å². The van der Waals surface area contributed by atoms with Gasteiger partial charge in [-0.1, -0.05) is 50.3 Å². The summed E-state index contributed by atoms with van der Waals surface area (Å²) in [5.41, 5.74) is -3.22. The van der Waals surface area contributed by atoms with Gasteiger partial charge in [-0.25, -0.2) is 4.79 Å². The van der Waals surface area contributed by atoms with Crippen molar-refractivity contribution in [1.29, 1.82) is 0 Å². The number of alkyl halides is 3. The summed E-state index contributed by atoms with van der Waals surface area (Å²) in [6, 6.07) is 6.31. The first kappa shape index (κ1) is 21.2. The Balaban J connectivity index is 1.94. The van der Waals surface area contributed by atoms with E-state index in [1.54, 1.807) is 18.2 Å². The first-order valence-corrected chi connectivity index (χ1v) is 9.82. The molecule has 1 saturated carbocycles. The number of fused-ring (bicyclic) bond motifs is 1. The molecular formula is C21H25F3N2O3. The summed E-state index contributed by atoms with van der Waals surface area (Å²) in [5, 5.41) is 2.19. The number of rotatable bonds is 6. The number of H-pyrrole nitrogens is 1. The van der Waals surface area contributed by atoms with Gasteiger partial charge in [0.2, 0.25) is 5.91 Å². The predicted octanol–water partition coefficient (Wildman–Crippen LogP) is 4.58. The van der Waals surface area contributed by atoms with Crippen LogP contribution in [0.1, 0.15) is 50.5 Å². The molecule has 1 aromatic carbocycles. The van der Waals surface area contributed by atoms with E-state index in [4.69, 9.17) is 0 Å². The number of hydrogen-bond donors (Lipinski definition) is 2. The molecule has 0 saturated heterocycles. The molecule has 0 bridgehead atoms. The fourth-order valence-corrected chi connectivity index (χ4v) is 4.19. The van der Waals surface area contributed by atoms with Crippen LogP contribution in [0.15, 0.2) is 30.5 Å². The molecule has 1 aliphatic carbocycles. The number of aromatic amines is 1. The second-order valence-corrected chi connectivity index (χ2v) is 7.58. The number of para-hydroxylation sites is 1. The maximum atomic E-state index is 14.3. The first-order chi connectivity index (χ1) is 13.8. The lowest BCUT2D eigenvalue weighted by Gasteiger charge is -2.34. The highest BCUT2D eigenvalue weighted by atomic mass is 19.4. The van der Waals surface area contributed by atoms with Gasteiger partial charge in [0, 0.05) is 29.1 Å². The Kier molecular flexibility index (Phi) is 6.19. The Hall–Kier alpha value is -2.51. The average Bonchev–Trinajstić information content (AvgIpc) is 3.14. The highest BCUT2D eigenvalue weighted by Crippen LogP contribution is 2.43. The minimum atomic E-state index is -5.09. The SMILES string of the molecule is COC(=O)[C@](NC(=O)CCC1CCCCC1)(c1c[nH]c2ccccc12)C(F)(F)F. The van der Waals surface area contributed by atoms with Crippen LogP contribution in [0, 0.1) is 5.92 Å². The van der Waals surface area contributed by atoms with E-state index in [1.165, 1.54) is 6.07 Å². The van der Waals surface area contributed by atoms with Crippen molar-refractivity contribution in [3.8, 4) is 0 Å². The Morgan fingerprint density at radius 2 is 1.86 bits per heavy atom. The minimum Gasteiger partial charge on any atom is -0.467 e. The molecule has 29 heavy (non-hydrogen) atoms. The predicted molar refractivity (Wildman–Crippen MR) is 102 cm³/mol. The van der Waals surface area contributed by atoms with Crippen molar-refractivity contribution < 1.29 is 27.5 Å². The van der Waals surface area contributed by atoms with Crippen LogP contribution in [0.25, 0.3) is 10.9 Å². The summed E-state index contributed by atoms with van der Waals surface area (Å²) >= 11 is 0. The maximum Gasteiger partial charge on any atom is 0.426 e. The number of benzene rings is 1. The fraction of sp³-hybridized carbons (Fsp3) is 0.524. The van der Waals surface area contributed by atoms with Crippen LogP contribution < -0.4 is 5.32 Å². The zero-order valence-electron chi connectivity index (χ0n) is 16.3. The third-order valence-corrected chi connectivity index (χ3v) is 5.74. The number of carbonyl (C=O) groups is 2. The van der Waals surface area contributed by atoms with Crippen LogP contribution in [-0.4, -0.2) is 30.1 Å². The van der Waals surface area contributed by atoms with E-state index < -0.39 is 23.6 Å². The number of aromatic nitrogens is 1. The number of carbonyl (C=O) groups excluding carboxylic acids is 2. The molecule has 3 rings (SSSR count). The Morgan fingerprint density at radius 1 is 1.17 bits per heavy atom. The molecule has 1 aliphatic rings. The van der Waals surface area contributed by atoms with Gasteiger partial charge >= 0.3 is 12.1 Å². The van der Waals surface area contributed by atoms with Gasteiger partial charge < -0.3 is 15.0 Å². The van der Waals surface area contributed by atoms with Crippen molar-refractivity contribution >= 4 is 22.8 Å². The third kappa shape index (κ3) is 4.11. The van der Waals surface area contributed by atoms with Crippen molar-refractivity contribution in [2.45, 2.75) is 56.7 Å². The van der Waals surface area contributed by atoms with Gasteiger partial charge in [-0.3, -0.25) is 4.79 Å². The van der Waals surface area contributed by atoms with Crippen molar-refractivity contribution in [3.05, 3.63) is 36.0 Å². The van der Waals surface area contributed by atoms with Gasteiger partial charge in [-0.05, 0) is 18.4 Å². The number of ether oxygens (including phenoxy) is 1. The molecule has 1 fully saturated rings. The van der Waals surface area contributed by atoms with E-state index in [0.29, 0.717) is 17.9 Å². The Labute approximate surface area is 167 Å². The average molecular weight is 410 g/mol. The maximum absolute atomic E-state index is 14.3. The summed E-state index contributed by atoms with van der Waals surface area (Å²) in [5.74, 6) is -2.05. The summed E-state index contributed by atoms with van der Waals surface area (Å²) < 4.78 is 47.5. The fourth-order valence-electron chi connectivity index (χ4n) is 4.19. The quantitative estimate of drug-likeness (QED) is 0.685. The van der Waals surface area contributed by atoms with Crippen LogP contribution in [0.3, 0.4) is 0 Å². The molecule has 8 heteroatoms. The van der Waals surface area contributed by atoms with Gasteiger partial charge in [0.15, 0.2) is 0 Å². The molecule has 5 nitrogen and oxygen atoms in total.